The second kappa shape index (κ2) is 1.94. The molecule has 0 fully saturated rings. The molecule has 0 unspecified atom stereocenters. The first-order valence-corrected chi connectivity index (χ1v) is 2.43. The second-order valence-corrected chi connectivity index (χ2v) is 1.67. The zero-order chi connectivity index (χ0) is 6.85. The third-order valence-electron chi connectivity index (χ3n) is 0.635. The Kier molecular flexibility index (Phi) is 1.27. The Morgan fingerprint density at radius 3 is 2.78 bits per heavy atom. The number of hydrogen-bond acceptors (Lipinski definition) is 4. The highest BCUT2D eigenvalue weighted by Gasteiger charge is 1.94. The van der Waals surface area contributed by atoms with Crippen LogP contribution in [0.3, 0.4) is 0 Å². The van der Waals surface area contributed by atoms with Crippen molar-refractivity contribution >= 4 is 17.3 Å². The van der Waals surface area contributed by atoms with Crippen LogP contribution in [0.5, 0.6) is 0 Å². The molecule has 0 aliphatic carbocycles. The topological polar surface area (TPSA) is 89.6 Å². The summed E-state index contributed by atoms with van der Waals surface area (Å²) in [5, 5.41) is 8.43. The summed E-state index contributed by atoms with van der Waals surface area (Å²) in [7, 11) is 0. The van der Waals surface area contributed by atoms with Gasteiger partial charge in [-0.2, -0.15) is 0 Å². The Bertz CT molecular complexity index is 272. The van der Waals surface area contributed by atoms with E-state index in [1.165, 1.54) is 0 Å². The van der Waals surface area contributed by atoms with E-state index in [-0.39, 0.29) is 5.11 Å². The van der Waals surface area contributed by atoms with Crippen molar-refractivity contribution in [3.05, 3.63) is 10.5 Å². The molecule has 0 saturated heterocycles. The molecule has 0 radical (unpaired) electrons. The molecular weight excluding hydrogens is 142 g/mol. The number of thiocarbonyl (C=S) groups is 1. The van der Waals surface area contributed by atoms with Gasteiger partial charge in [0.15, 0.2) is 0 Å². The third-order valence-corrected chi connectivity index (χ3v) is 0.808. The number of nitrogens with one attached hydrogen (secondary N) is 1. The molecule has 0 aliphatic rings. The zero-order valence-electron chi connectivity index (χ0n) is 4.24. The number of H-pyrrole nitrogens is 1. The maximum atomic E-state index is 10.2. The maximum absolute atomic E-state index is 10.2. The van der Waals surface area contributed by atoms with Gasteiger partial charge in [0.05, 0.1) is 0 Å². The largest absolute Gasteiger partial charge is 0.381 e. The smallest absolute Gasteiger partial charge is 0.373 e. The Hall–Kier alpha value is -1.24. The van der Waals surface area contributed by atoms with E-state index in [4.69, 9.17) is 5.73 Å². The lowest BCUT2D eigenvalue weighted by atomic mass is 11.2. The van der Waals surface area contributed by atoms with E-state index in [1.54, 1.807) is 0 Å². The number of nitrogens with zero attached hydrogens (tertiary/aromatic N) is 3. The fourth-order valence-electron chi connectivity index (χ4n) is 0.320. The van der Waals surface area contributed by atoms with Crippen LogP contribution < -0.4 is 11.4 Å². The van der Waals surface area contributed by atoms with Gasteiger partial charge in [0.1, 0.15) is 0 Å². The van der Waals surface area contributed by atoms with Gasteiger partial charge in [0.25, 0.3) is 0 Å². The number of nitrogens with two attached hydrogens (primary N) is 1. The van der Waals surface area contributed by atoms with Crippen molar-refractivity contribution in [3.8, 4) is 0 Å². The molecule has 1 heterocycles. The van der Waals surface area contributed by atoms with Crippen LogP contribution >= 0.6 is 12.2 Å². The van der Waals surface area contributed by atoms with Crippen LogP contribution in [0.15, 0.2) is 4.79 Å². The summed E-state index contributed by atoms with van der Waals surface area (Å²) in [5.74, 6) is 0. The molecule has 1 rings (SSSR count). The van der Waals surface area contributed by atoms with Crippen LogP contribution in [-0.2, 0) is 0 Å². The van der Waals surface area contributed by atoms with Gasteiger partial charge >= 0.3 is 5.69 Å². The number of aromatic nitrogens is 4. The van der Waals surface area contributed by atoms with Gasteiger partial charge in [-0.05, 0) is 17.4 Å². The van der Waals surface area contributed by atoms with E-state index in [0.29, 0.717) is 0 Å². The third kappa shape index (κ3) is 1.11. The van der Waals surface area contributed by atoms with Gasteiger partial charge in [-0.1, -0.05) is 5.10 Å². The van der Waals surface area contributed by atoms with Gasteiger partial charge in [0.2, 0.25) is 5.11 Å². The minimum atomic E-state index is -0.567. The van der Waals surface area contributed by atoms with Crippen LogP contribution in [0.1, 0.15) is 0 Å². The molecular formula is C2H3N5OS. The van der Waals surface area contributed by atoms with Gasteiger partial charge in [0, 0.05) is 0 Å². The summed E-state index contributed by atoms with van der Waals surface area (Å²) in [5.41, 5.74) is 4.48. The van der Waals surface area contributed by atoms with E-state index in [9.17, 15) is 4.79 Å². The molecule has 0 amide bonds. The molecule has 0 spiro atoms. The van der Waals surface area contributed by atoms with Crippen molar-refractivity contribution in [2.75, 3.05) is 0 Å². The monoisotopic (exact) mass is 145 g/mol. The van der Waals surface area contributed by atoms with E-state index >= 15 is 0 Å². The summed E-state index contributed by atoms with van der Waals surface area (Å²) in [6.45, 7) is 0. The van der Waals surface area contributed by atoms with Gasteiger partial charge in [-0.15, -0.1) is 4.80 Å². The summed E-state index contributed by atoms with van der Waals surface area (Å²) in [6, 6.07) is 0. The molecule has 1 aromatic heterocycles. The van der Waals surface area contributed by atoms with Crippen molar-refractivity contribution in [2.24, 2.45) is 5.73 Å². The van der Waals surface area contributed by atoms with Crippen LogP contribution in [0, 0.1) is 0 Å². The molecule has 0 saturated carbocycles. The van der Waals surface area contributed by atoms with Crippen LogP contribution in [0.25, 0.3) is 0 Å². The Morgan fingerprint density at radius 1 is 1.89 bits per heavy atom. The van der Waals surface area contributed by atoms with Crippen molar-refractivity contribution in [3.63, 3.8) is 0 Å². The average molecular weight is 145 g/mol. The fourth-order valence-corrected chi connectivity index (χ4v) is 0.402. The summed E-state index contributed by atoms with van der Waals surface area (Å²) in [6.07, 6.45) is 0. The summed E-state index contributed by atoms with van der Waals surface area (Å²) >= 11 is 4.44. The van der Waals surface area contributed by atoms with Gasteiger partial charge in [-0.3, -0.25) is 0 Å². The Morgan fingerprint density at radius 2 is 2.56 bits per heavy atom. The van der Waals surface area contributed by atoms with E-state index < -0.39 is 5.69 Å². The predicted molar refractivity (Wildman–Crippen MR) is 32.8 cm³/mol. The van der Waals surface area contributed by atoms with Crippen molar-refractivity contribution in [1.82, 2.24) is 20.2 Å². The molecule has 0 bridgehead atoms. The lowest BCUT2D eigenvalue weighted by molar-refractivity contribution is 0.764. The Labute approximate surface area is 54.6 Å². The first kappa shape index (κ1) is 5.89. The molecule has 1 aromatic rings. The van der Waals surface area contributed by atoms with Crippen LogP contribution in [0.4, 0.5) is 0 Å². The molecule has 0 atom stereocenters. The number of hydrogen-bond donors (Lipinski definition) is 2. The zero-order valence-corrected chi connectivity index (χ0v) is 5.05. The van der Waals surface area contributed by atoms with Crippen LogP contribution in [-0.4, -0.2) is 25.3 Å². The lowest BCUT2D eigenvalue weighted by Gasteiger charge is -1.88. The quantitative estimate of drug-likeness (QED) is 0.414. The SMILES string of the molecule is NC(=S)n1nnc(=O)[nH]1. The molecule has 9 heavy (non-hydrogen) atoms. The van der Waals surface area contributed by atoms with Crippen molar-refractivity contribution in [2.45, 2.75) is 0 Å². The summed E-state index contributed by atoms with van der Waals surface area (Å²) < 4.78 is 0. The highest BCUT2D eigenvalue weighted by atomic mass is 32.1. The van der Waals surface area contributed by atoms with Crippen molar-refractivity contribution in [1.29, 1.82) is 0 Å². The van der Waals surface area contributed by atoms with Gasteiger partial charge in [-0.25, -0.2) is 9.89 Å². The normalized spacial score (nSPS) is 9.33. The number of aromatic amines is 1. The highest BCUT2D eigenvalue weighted by Crippen LogP contribution is 1.63. The first-order valence-electron chi connectivity index (χ1n) is 2.02. The predicted octanol–water partition coefficient (Wildman–Crippen LogP) is -1.94. The maximum Gasteiger partial charge on any atom is 0.381 e. The standard InChI is InChI=1S/C2H3N5OS/c3-1(9)7-5-2(8)4-6-7/h(H2,3,9)(H,5,8). The number of tetrazole rings is 1. The summed E-state index contributed by atoms with van der Waals surface area (Å²) in [4.78, 5) is 11.1. The van der Waals surface area contributed by atoms with Crippen LogP contribution in [0.2, 0.25) is 0 Å². The minimum absolute atomic E-state index is 0.0374. The molecule has 3 N–H and O–H groups in total. The molecule has 6 nitrogen and oxygen atoms in total. The Balaban J connectivity index is 3.12. The molecule has 0 aromatic carbocycles. The second-order valence-electron chi connectivity index (χ2n) is 1.26. The first-order chi connectivity index (χ1) is 4.20. The fraction of sp³-hybridized carbons (Fsp3) is 0. The minimum Gasteiger partial charge on any atom is -0.373 e. The van der Waals surface area contributed by atoms with E-state index in [0.717, 1.165) is 4.80 Å². The lowest BCUT2D eigenvalue weighted by Crippen LogP contribution is -2.23. The van der Waals surface area contributed by atoms with Crippen molar-refractivity contribution < 1.29 is 0 Å². The van der Waals surface area contributed by atoms with E-state index in [2.05, 4.69) is 27.6 Å². The van der Waals surface area contributed by atoms with Gasteiger partial charge < -0.3 is 5.73 Å². The average Bonchev–Trinajstić information content (AvgIpc) is 2.14. The molecule has 0 aliphatic heterocycles. The van der Waals surface area contributed by atoms with E-state index in [1.807, 2.05) is 0 Å². The number of rotatable bonds is 0. The molecule has 7 heteroatoms. The highest BCUT2D eigenvalue weighted by molar-refractivity contribution is 7.80. The molecule has 48 valence electrons.